The molecule has 1 aliphatic rings. The molecule has 10 heteroatoms. The van der Waals surface area contributed by atoms with Crippen LogP contribution in [-0.2, 0) is 25.3 Å². The van der Waals surface area contributed by atoms with Gasteiger partial charge >= 0.3 is 12.4 Å². The first-order valence-corrected chi connectivity index (χ1v) is 9.23. The van der Waals surface area contributed by atoms with E-state index in [1.54, 1.807) is 12.1 Å². The molecule has 0 aliphatic carbocycles. The summed E-state index contributed by atoms with van der Waals surface area (Å²) in [5.41, 5.74) is 2.17. The zero-order chi connectivity index (χ0) is 22.4. The molecule has 2 heterocycles. The number of carbonyl (C=O) groups excluding carboxylic acids is 1. The molecular weight excluding hydrogens is 424 g/mol. The number of aromatic amines is 1. The Kier molecular flexibility index (Phi) is 5.03. The van der Waals surface area contributed by atoms with Crippen molar-refractivity contribution in [2.24, 2.45) is 0 Å². The Morgan fingerprint density at radius 3 is 2.19 bits per heavy atom. The van der Waals surface area contributed by atoms with Crippen molar-refractivity contribution in [2.45, 2.75) is 25.3 Å². The quantitative estimate of drug-likeness (QED) is 0.550. The standard InChI is InChI=1S/C21H15F6N3O/c22-20(23,24)16-5-3-12(4-6-16)13-1-2-15-11-30(8-7-14(15)9-13)18(31)17-10-28-19(29-17)21(25,26)27/h1-6,9-10H,7-8,11H2,(H,28,29). The van der Waals surface area contributed by atoms with Crippen LogP contribution in [0.4, 0.5) is 26.3 Å². The minimum absolute atomic E-state index is 0.210. The van der Waals surface area contributed by atoms with Crippen molar-refractivity contribution in [2.75, 3.05) is 6.54 Å². The van der Waals surface area contributed by atoms with E-state index in [2.05, 4.69) is 4.98 Å². The average Bonchev–Trinajstić information content (AvgIpc) is 3.23. The minimum Gasteiger partial charge on any atom is -0.333 e. The summed E-state index contributed by atoms with van der Waals surface area (Å²) in [5, 5.41) is 0. The van der Waals surface area contributed by atoms with Crippen LogP contribution in [0.2, 0.25) is 0 Å². The lowest BCUT2D eigenvalue weighted by Crippen LogP contribution is -2.36. The number of benzene rings is 2. The van der Waals surface area contributed by atoms with Crippen molar-refractivity contribution in [3.05, 3.63) is 76.9 Å². The maximum atomic E-state index is 12.7. The lowest BCUT2D eigenvalue weighted by atomic mass is 9.94. The van der Waals surface area contributed by atoms with Gasteiger partial charge in [0.25, 0.3) is 5.91 Å². The molecule has 162 valence electrons. The summed E-state index contributed by atoms with van der Waals surface area (Å²) < 4.78 is 76.3. The number of hydrogen-bond donors (Lipinski definition) is 1. The van der Waals surface area contributed by atoms with E-state index >= 15 is 0 Å². The molecule has 31 heavy (non-hydrogen) atoms. The van der Waals surface area contributed by atoms with E-state index in [1.165, 1.54) is 17.0 Å². The fourth-order valence-corrected chi connectivity index (χ4v) is 3.50. The van der Waals surface area contributed by atoms with Gasteiger partial charge in [-0.1, -0.05) is 30.3 Å². The van der Waals surface area contributed by atoms with Crippen LogP contribution in [-0.4, -0.2) is 27.3 Å². The van der Waals surface area contributed by atoms with Crippen LogP contribution in [0.15, 0.2) is 48.7 Å². The van der Waals surface area contributed by atoms with Crippen LogP contribution < -0.4 is 0 Å². The molecule has 0 unspecified atom stereocenters. The smallest absolute Gasteiger partial charge is 0.333 e. The molecule has 0 bridgehead atoms. The highest BCUT2D eigenvalue weighted by atomic mass is 19.4. The number of alkyl halides is 6. The van der Waals surface area contributed by atoms with Crippen LogP contribution in [0.5, 0.6) is 0 Å². The summed E-state index contributed by atoms with van der Waals surface area (Å²) in [5.74, 6) is -1.81. The predicted molar refractivity (Wildman–Crippen MR) is 98.9 cm³/mol. The van der Waals surface area contributed by atoms with Crippen LogP contribution in [0.1, 0.15) is 33.0 Å². The molecular formula is C21H15F6N3O. The van der Waals surface area contributed by atoms with E-state index in [-0.39, 0.29) is 12.2 Å². The summed E-state index contributed by atoms with van der Waals surface area (Å²) in [4.78, 5) is 19.2. The van der Waals surface area contributed by atoms with E-state index in [1.807, 2.05) is 11.1 Å². The Balaban J connectivity index is 1.51. The van der Waals surface area contributed by atoms with Crippen molar-refractivity contribution in [1.82, 2.24) is 14.9 Å². The summed E-state index contributed by atoms with van der Waals surface area (Å²) in [6.07, 6.45) is -7.73. The van der Waals surface area contributed by atoms with Crippen molar-refractivity contribution < 1.29 is 31.1 Å². The summed E-state index contributed by atoms with van der Waals surface area (Å²) in [6.45, 7) is 0.504. The van der Waals surface area contributed by atoms with Gasteiger partial charge in [0.2, 0.25) is 5.82 Å². The molecule has 1 N–H and O–H groups in total. The molecule has 4 nitrogen and oxygen atoms in total. The van der Waals surface area contributed by atoms with Crippen LogP contribution >= 0.6 is 0 Å². The third-order valence-corrected chi connectivity index (χ3v) is 5.13. The predicted octanol–water partition coefficient (Wildman–Crippen LogP) is 5.31. The molecule has 1 amide bonds. The normalized spacial score (nSPS) is 14.5. The number of fused-ring (bicyclic) bond motifs is 1. The molecule has 2 aromatic carbocycles. The van der Waals surface area contributed by atoms with E-state index in [0.29, 0.717) is 18.5 Å². The topological polar surface area (TPSA) is 49.0 Å². The number of rotatable bonds is 2. The van der Waals surface area contributed by atoms with E-state index in [9.17, 15) is 31.1 Å². The first-order chi connectivity index (χ1) is 14.5. The number of hydrogen-bond acceptors (Lipinski definition) is 2. The highest BCUT2D eigenvalue weighted by Gasteiger charge is 2.35. The monoisotopic (exact) mass is 439 g/mol. The number of nitrogens with zero attached hydrogens (tertiary/aromatic N) is 2. The Hall–Kier alpha value is -3.30. The second-order valence-electron chi connectivity index (χ2n) is 7.18. The van der Waals surface area contributed by atoms with Crippen molar-refractivity contribution >= 4 is 5.91 Å². The zero-order valence-corrected chi connectivity index (χ0v) is 15.8. The molecule has 3 aromatic rings. The van der Waals surface area contributed by atoms with Gasteiger partial charge in [-0.2, -0.15) is 26.3 Å². The highest BCUT2D eigenvalue weighted by Crippen LogP contribution is 2.32. The Morgan fingerprint density at radius 2 is 1.58 bits per heavy atom. The fourth-order valence-electron chi connectivity index (χ4n) is 3.50. The Labute approximate surface area is 172 Å². The number of halogens is 6. The minimum atomic E-state index is -4.66. The third kappa shape index (κ3) is 4.28. The molecule has 0 fully saturated rings. The summed E-state index contributed by atoms with van der Waals surface area (Å²) in [6, 6.07) is 10.2. The Morgan fingerprint density at radius 1 is 0.903 bits per heavy atom. The number of aromatic nitrogens is 2. The molecule has 4 rings (SSSR count). The molecule has 0 saturated heterocycles. The van der Waals surface area contributed by atoms with Gasteiger partial charge in [-0.25, -0.2) is 4.98 Å². The van der Waals surface area contributed by atoms with Crippen molar-refractivity contribution in [3.63, 3.8) is 0 Å². The molecule has 0 atom stereocenters. The zero-order valence-electron chi connectivity index (χ0n) is 15.8. The van der Waals surface area contributed by atoms with Gasteiger partial charge in [0.1, 0.15) is 5.69 Å². The molecule has 1 aliphatic heterocycles. The second kappa shape index (κ2) is 7.44. The molecule has 0 spiro atoms. The van der Waals surface area contributed by atoms with Crippen LogP contribution in [0, 0.1) is 0 Å². The third-order valence-electron chi connectivity index (χ3n) is 5.13. The first kappa shape index (κ1) is 21.0. The van der Waals surface area contributed by atoms with Crippen LogP contribution in [0.3, 0.4) is 0 Å². The van der Waals surface area contributed by atoms with E-state index in [4.69, 9.17) is 0 Å². The summed E-state index contributed by atoms with van der Waals surface area (Å²) >= 11 is 0. The summed E-state index contributed by atoms with van der Waals surface area (Å²) in [7, 11) is 0. The average molecular weight is 439 g/mol. The SMILES string of the molecule is O=C(c1cnc(C(F)(F)F)[nH]1)N1CCc2cc(-c3ccc(C(F)(F)F)cc3)ccc2C1. The van der Waals surface area contributed by atoms with Gasteiger partial charge in [0.15, 0.2) is 0 Å². The number of imidazole rings is 1. The molecule has 0 radical (unpaired) electrons. The Bertz CT molecular complexity index is 1120. The van der Waals surface area contributed by atoms with Crippen molar-refractivity contribution in [1.29, 1.82) is 0 Å². The van der Waals surface area contributed by atoms with Crippen molar-refractivity contribution in [3.8, 4) is 11.1 Å². The van der Waals surface area contributed by atoms with E-state index in [0.717, 1.165) is 35.0 Å². The first-order valence-electron chi connectivity index (χ1n) is 9.23. The second-order valence-corrected chi connectivity index (χ2v) is 7.18. The van der Waals surface area contributed by atoms with Gasteiger partial charge < -0.3 is 9.88 Å². The van der Waals surface area contributed by atoms with E-state index < -0.39 is 29.6 Å². The van der Waals surface area contributed by atoms with Gasteiger partial charge in [-0.15, -0.1) is 0 Å². The lowest BCUT2D eigenvalue weighted by Gasteiger charge is -2.29. The fraction of sp³-hybridized carbons (Fsp3) is 0.238. The maximum absolute atomic E-state index is 12.7. The number of H-pyrrole nitrogens is 1. The van der Waals surface area contributed by atoms with Gasteiger partial charge in [-0.3, -0.25) is 4.79 Å². The van der Waals surface area contributed by atoms with Gasteiger partial charge in [0.05, 0.1) is 11.8 Å². The highest BCUT2D eigenvalue weighted by molar-refractivity contribution is 5.92. The van der Waals surface area contributed by atoms with Crippen LogP contribution in [0.25, 0.3) is 11.1 Å². The molecule has 1 aromatic heterocycles. The largest absolute Gasteiger partial charge is 0.449 e. The number of carbonyl (C=O) groups is 1. The van der Waals surface area contributed by atoms with Gasteiger partial charge in [-0.05, 0) is 40.8 Å². The van der Waals surface area contributed by atoms with Gasteiger partial charge in [0, 0.05) is 13.1 Å². The maximum Gasteiger partial charge on any atom is 0.449 e. The number of nitrogens with one attached hydrogen (secondary N) is 1. The lowest BCUT2D eigenvalue weighted by molar-refractivity contribution is -0.144. The molecule has 0 saturated carbocycles. The number of amides is 1.